The van der Waals surface area contributed by atoms with Gasteiger partial charge in [-0.1, -0.05) is 15.9 Å². The Bertz CT molecular complexity index is 228. The fourth-order valence-corrected chi connectivity index (χ4v) is 0.877. The van der Waals surface area contributed by atoms with Gasteiger partial charge in [0.2, 0.25) is 0 Å². The van der Waals surface area contributed by atoms with Gasteiger partial charge in [-0.15, -0.1) is 0 Å². The standard InChI is InChI=1S/C7H6BrNO/c8-6-1-2-7(5-10)9-4-3-6/h1-3,5H,4H2. The summed E-state index contributed by atoms with van der Waals surface area (Å²) in [5, 5.41) is 0. The van der Waals surface area contributed by atoms with Crippen LogP contribution in [-0.2, 0) is 4.79 Å². The van der Waals surface area contributed by atoms with Gasteiger partial charge in [0.05, 0.1) is 12.3 Å². The normalized spacial score (nSPS) is 17.3. The van der Waals surface area contributed by atoms with Crippen molar-refractivity contribution in [3.8, 4) is 0 Å². The van der Waals surface area contributed by atoms with E-state index in [1.54, 1.807) is 12.2 Å². The Labute approximate surface area is 67.5 Å². The van der Waals surface area contributed by atoms with E-state index in [-0.39, 0.29) is 0 Å². The van der Waals surface area contributed by atoms with E-state index < -0.39 is 0 Å². The molecule has 52 valence electrons. The smallest absolute Gasteiger partial charge is 0.167 e. The Kier molecular flexibility index (Phi) is 2.57. The molecule has 2 nitrogen and oxygen atoms in total. The average molecular weight is 200 g/mol. The molecular formula is C7H6BrNO. The second-order valence-corrected chi connectivity index (χ2v) is 2.72. The summed E-state index contributed by atoms with van der Waals surface area (Å²) >= 11 is 3.28. The lowest BCUT2D eigenvalue weighted by molar-refractivity contribution is -0.102. The number of aliphatic imine (C=N–C) groups is 1. The largest absolute Gasteiger partial charge is 0.296 e. The van der Waals surface area contributed by atoms with Crippen molar-refractivity contribution in [2.75, 3.05) is 6.54 Å². The first-order chi connectivity index (χ1) is 4.83. The van der Waals surface area contributed by atoms with E-state index in [0.29, 0.717) is 12.3 Å². The van der Waals surface area contributed by atoms with Gasteiger partial charge in [0.15, 0.2) is 6.29 Å². The predicted molar refractivity (Wildman–Crippen MR) is 44.5 cm³/mol. The highest BCUT2D eigenvalue weighted by molar-refractivity contribution is 9.11. The maximum atomic E-state index is 10.2. The number of aldehydes is 1. The lowest BCUT2D eigenvalue weighted by atomic mass is 10.3. The molecule has 1 heterocycles. The number of nitrogens with zero attached hydrogens (tertiary/aromatic N) is 1. The van der Waals surface area contributed by atoms with Crippen molar-refractivity contribution < 1.29 is 4.79 Å². The van der Waals surface area contributed by atoms with E-state index in [4.69, 9.17) is 0 Å². The van der Waals surface area contributed by atoms with E-state index in [0.717, 1.165) is 10.8 Å². The Morgan fingerprint density at radius 1 is 1.60 bits per heavy atom. The van der Waals surface area contributed by atoms with Gasteiger partial charge in [-0.05, 0) is 18.2 Å². The second kappa shape index (κ2) is 3.46. The van der Waals surface area contributed by atoms with Crippen LogP contribution < -0.4 is 0 Å². The van der Waals surface area contributed by atoms with Crippen molar-refractivity contribution in [3.05, 3.63) is 22.7 Å². The number of hydrogen-bond donors (Lipinski definition) is 0. The summed E-state index contributed by atoms with van der Waals surface area (Å²) in [6.07, 6.45) is 6.13. The first-order valence-electron chi connectivity index (χ1n) is 2.86. The molecule has 10 heavy (non-hydrogen) atoms. The number of carbonyl (C=O) groups is 1. The van der Waals surface area contributed by atoms with Crippen LogP contribution in [0.15, 0.2) is 27.7 Å². The first kappa shape index (κ1) is 7.41. The monoisotopic (exact) mass is 199 g/mol. The van der Waals surface area contributed by atoms with Gasteiger partial charge < -0.3 is 0 Å². The molecule has 1 aliphatic heterocycles. The molecule has 0 unspecified atom stereocenters. The molecule has 0 bridgehead atoms. The molecule has 0 saturated carbocycles. The van der Waals surface area contributed by atoms with Crippen molar-refractivity contribution >= 4 is 27.9 Å². The average Bonchev–Trinajstić information content (AvgIpc) is 2.14. The molecule has 0 atom stereocenters. The maximum Gasteiger partial charge on any atom is 0.167 e. The molecular weight excluding hydrogens is 194 g/mol. The van der Waals surface area contributed by atoms with Crippen molar-refractivity contribution in [2.24, 2.45) is 4.99 Å². The van der Waals surface area contributed by atoms with E-state index in [1.165, 1.54) is 0 Å². The molecule has 0 aliphatic carbocycles. The van der Waals surface area contributed by atoms with E-state index in [9.17, 15) is 4.79 Å². The third-order valence-corrected chi connectivity index (χ3v) is 1.68. The molecule has 0 aromatic carbocycles. The minimum atomic E-state index is 0.491. The van der Waals surface area contributed by atoms with Crippen molar-refractivity contribution in [2.45, 2.75) is 0 Å². The van der Waals surface area contributed by atoms with Gasteiger partial charge >= 0.3 is 0 Å². The fourth-order valence-electron chi connectivity index (χ4n) is 0.601. The van der Waals surface area contributed by atoms with Crippen LogP contribution in [-0.4, -0.2) is 18.5 Å². The quantitative estimate of drug-likeness (QED) is 0.589. The van der Waals surface area contributed by atoms with Crippen LogP contribution in [0.2, 0.25) is 0 Å². The van der Waals surface area contributed by atoms with Crippen LogP contribution in [0.1, 0.15) is 0 Å². The van der Waals surface area contributed by atoms with Crippen LogP contribution in [0.4, 0.5) is 0 Å². The van der Waals surface area contributed by atoms with Crippen LogP contribution in [0.3, 0.4) is 0 Å². The number of halogens is 1. The van der Waals surface area contributed by atoms with E-state index >= 15 is 0 Å². The molecule has 0 radical (unpaired) electrons. The molecule has 3 heteroatoms. The van der Waals surface area contributed by atoms with Crippen LogP contribution in [0.5, 0.6) is 0 Å². The highest BCUT2D eigenvalue weighted by atomic mass is 79.9. The zero-order valence-corrected chi connectivity index (χ0v) is 6.84. The highest BCUT2D eigenvalue weighted by Gasteiger charge is 1.94. The lowest BCUT2D eigenvalue weighted by Crippen LogP contribution is -1.93. The number of allylic oxidation sites excluding steroid dienone is 3. The third kappa shape index (κ3) is 1.92. The molecule has 1 aliphatic rings. The van der Waals surface area contributed by atoms with E-state index in [1.807, 2.05) is 6.08 Å². The zero-order valence-electron chi connectivity index (χ0n) is 5.25. The Morgan fingerprint density at radius 2 is 2.40 bits per heavy atom. The summed E-state index contributed by atoms with van der Waals surface area (Å²) in [6, 6.07) is 0. The summed E-state index contributed by atoms with van der Waals surface area (Å²) in [5.41, 5.74) is 0.491. The summed E-state index contributed by atoms with van der Waals surface area (Å²) < 4.78 is 0.966. The van der Waals surface area contributed by atoms with Crippen molar-refractivity contribution in [1.29, 1.82) is 0 Å². The number of carbonyl (C=O) groups excluding carboxylic acids is 1. The minimum absolute atomic E-state index is 0.491. The fraction of sp³-hybridized carbons (Fsp3) is 0.143. The number of rotatable bonds is 1. The molecule has 0 N–H and O–H groups in total. The lowest BCUT2D eigenvalue weighted by Gasteiger charge is -1.82. The van der Waals surface area contributed by atoms with Crippen LogP contribution >= 0.6 is 15.9 Å². The van der Waals surface area contributed by atoms with Gasteiger partial charge in [-0.25, -0.2) is 0 Å². The van der Waals surface area contributed by atoms with Crippen LogP contribution in [0, 0.1) is 0 Å². The predicted octanol–water partition coefficient (Wildman–Crippen LogP) is 1.47. The molecule has 0 aromatic heterocycles. The molecule has 0 spiro atoms. The van der Waals surface area contributed by atoms with Gasteiger partial charge in [-0.2, -0.15) is 0 Å². The van der Waals surface area contributed by atoms with Gasteiger partial charge in [0, 0.05) is 4.48 Å². The van der Waals surface area contributed by atoms with Crippen LogP contribution in [0.25, 0.3) is 0 Å². The summed E-state index contributed by atoms with van der Waals surface area (Å²) in [7, 11) is 0. The minimum Gasteiger partial charge on any atom is -0.296 e. The summed E-state index contributed by atoms with van der Waals surface area (Å²) in [5.74, 6) is 0. The first-order valence-corrected chi connectivity index (χ1v) is 3.65. The molecule has 0 saturated heterocycles. The third-order valence-electron chi connectivity index (χ3n) is 1.09. The van der Waals surface area contributed by atoms with Gasteiger partial charge in [0.1, 0.15) is 0 Å². The molecule has 0 fully saturated rings. The number of hydrogen-bond acceptors (Lipinski definition) is 2. The summed E-state index contributed by atoms with van der Waals surface area (Å²) in [6.45, 7) is 0.571. The molecule has 0 amide bonds. The Morgan fingerprint density at radius 3 is 3.10 bits per heavy atom. The molecule has 0 aromatic rings. The molecule has 1 rings (SSSR count). The topological polar surface area (TPSA) is 29.4 Å². The Balaban J connectivity index is 2.78. The second-order valence-electron chi connectivity index (χ2n) is 1.81. The van der Waals surface area contributed by atoms with Crippen molar-refractivity contribution in [3.63, 3.8) is 0 Å². The Hall–Kier alpha value is -0.700. The van der Waals surface area contributed by atoms with Gasteiger partial charge in [0.25, 0.3) is 0 Å². The zero-order chi connectivity index (χ0) is 7.40. The van der Waals surface area contributed by atoms with Gasteiger partial charge in [-0.3, -0.25) is 9.79 Å². The summed E-state index contributed by atoms with van der Waals surface area (Å²) in [4.78, 5) is 14.1. The SMILES string of the molecule is O=CC1=NCC=C(Br)C=C1. The van der Waals surface area contributed by atoms with E-state index in [2.05, 4.69) is 20.9 Å². The van der Waals surface area contributed by atoms with Crippen molar-refractivity contribution in [1.82, 2.24) is 0 Å². The highest BCUT2D eigenvalue weighted by Crippen LogP contribution is 2.08. The maximum absolute atomic E-state index is 10.2.